The van der Waals surface area contributed by atoms with E-state index in [9.17, 15) is 0 Å². The summed E-state index contributed by atoms with van der Waals surface area (Å²) in [6.45, 7) is 5.98. The maximum absolute atomic E-state index is 5.72. The van der Waals surface area contributed by atoms with Gasteiger partial charge in [-0.05, 0) is 38.5 Å². The molecule has 0 saturated carbocycles. The number of guanidine groups is 1. The number of benzene rings is 1. The number of nitrogens with zero attached hydrogens (tertiary/aromatic N) is 2. The molecule has 0 aromatic heterocycles. The van der Waals surface area contributed by atoms with E-state index in [-0.39, 0.29) is 11.6 Å². The molecule has 0 saturated heterocycles. The van der Waals surface area contributed by atoms with E-state index in [1.807, 2.05) is 45.0 Å². The maximum atomic E-state index is 5.72. The number of hydrogen-bond donors (Lipinski definition) is 2. The van der Waals surface area contributed by atoms with Crippen molar-refractivity contribution in [2.45, 2.75) is 26.4 Å². The van der Waals surface area contributed by atoms with Gasteiger partial charge < -0.3 is 16.2 Å². The highest BCUT2D eigenvalue weighted by molar-refractivity contribution is 5.81. The highest BCUT2D eigenvalue weighted by Crippen LogP contribution is 2.18. The van der Waals surface area contributed by atoms with Crippen molar-refractivity contribution >= 4 is 12.2 Å². The van der Waals surface area contributed by atoms with E-state index in [1.54, 1.807) is 6.21 Å². The normalized spacial score (nSPS) is 11.5. The van der Waals surface area contributed by atoms with E-state index in [0.717, 1.165) is 11.3 Å². The summed E-state index contributed by atoms with van der Waals surface area (Å²) in [5.41, 5.74) is 11.0. The van der Waals surface area contributed by atoms with Crippen molar-refractivity contribution in [2.24, 2.45) is 21.7 Å². The van der Waals surface area contributed by atoms with Gasteiger partial charge in [0.25, 0.3) is 0 Å². The lowest BCUT2D eigenvalue weighted by atomic mass is 10.2. The molecule has 0 heterocycles. The third-order valence-corrected chi connectivity index (χ3v) is 1.66. The van der Waals surface area contributed by atoms with Crippen molar-refractivity contribution in [3.05, 3.63) is 29.8 Å². The molecule has 1 rings (SSSR count). The van der Waals surface area contributed by atoms with Gasteiger partial charge in [-0.1, -0.05) is 12.1 Å². The molecule has 0 aliphatic heterocycles. The summed E-state index contributed by atoms with van der Waals surface area (Å²) < 4.78 is 5.72. The molecule has 92 valence electrons. The first-order valence-corrected chi connectivity index (χ1v) is 5.28. The number of hydrogen-bond acceptors (Lipinski definition) is 3. The molecule has 5 heteroatoms. The van der Waals surface area contributed by atoms with E-state index >= 15 is 0 Å². The fourth-order valence-electron chi connectivity index (χ4n) is 1.17. The largest absolute Gasteiger partial charge is 0.488 e. The van der Waals surface area contributed by atoms with E-state index < -0.39 is 0 Å². The summed E-state index contributed by atoms with van der Waals surface area (Å²) >= 11 is 0. The minimum Gasteiger partial charge on any atom is -0.488 e. The van der Waals surface area contributed by atoms with Gasteiger partial charge in [-0.25, -0.2) is 0 Å². The Labute approximate surface area is 101 Å². The zero-order valence-electron chi connectivity index (χ0n) is 10.3. The highest BCUT2D eigenvalue weighted by Gasteiger charge is 2.11. The van der Waals surface area contributed by atoms with Gasteiger partial charge in [0.05, 0.1) is 6.21 Å². The van der Waals surface area contributed by atoms with Crippen LogP contribution < -0.4 is 16.2 Å². The molecule has 1 aromatic rings. The molecular formula is C12H18N4O. The fourth-order valence-corrected chi connectivity index (χ4v) is 1.17. The molecule has 0 amide bonds. The van der Waals surface area contributed by atoms with E-state index in [4.69, 9.17) is 16.2 Å². The summed E-state index contributed by atoms with van der Waals surface area (Å²) in [5, 5.41) is 7.26. The van der Waals surface area contributed by atoms with Crippen LogP contribution in [0.15, 0.2) is 34.5 Å². The Kier molecular flexibility index (Phi) is 4.09. The first-order valence-electron chi connectivity index (χ1n) is 5.28. The number of ether oxygens (including phenoxy) is 1. The van der Waals surface area contributed by atoms with Crippen LogP contribution in [0.25, 0.3) is 0 Å². The summed E-state index contributed by atoms with van der Waals surface area (Å²) in [7, 11) is 0. The van der Waals surface area contributed by atoms with Crippen molar-refractivity contribution in [2.75, 3.05) is 0 Å². The molecule has 0 unspecified atom stereocenters. The van der Waals surface area contributed by atoms with E-state index in [2.05, 4.69) is 10.2 Å². The second kappa shape index (κ2) is 5.34. The lowest BCUT2D eigenvalue weighted by Gasteiger charge is -2.21. The van der Waals surface area contributed by atoms with Crippen LogP contribution in [0, 0.1) is 0 Å². The maximum Gasteiger partial charge on any atom is 0.211 e. The van der Waals surface area contributed by atoms with Gasteiger partial charge >= 0.3 is 0 Å². The smallest absolute Gasteiger partial charge is 0.211 e. The Morgan fingerprint density at radius 3 is 2.59 bits per heavy atom. The molecule has 17 heavy (non-hydrogen) atoms. The zero-order chi connectivity index (χ0) is 12.9. The number of nitrogens with two attached hydrogens (primary N) is 2. The van der Waals surface area contributed by atoms with Gasteiger partial charge in [-0.2, -0.15) is 5.10 Å². The molecule has 0 aliphatic carbocycles. The first-order chi connectivity index (χ1) is 7.87. The third kappa shape index (κ3) is 5.55. The molecule has 0 atom stereocenters. The molecule has 1 aromatic carbocycles. The Bertz CT molecular complexity index is 428. The van der Waals surface area contributed by atoms with Crippen LogP contribution in [0.5, 0.6) is 5.75 Å². The highest BCUT2D eigenvalue weighted by atomic mass is 16.5. The Morgan fingerprint density at radius 1 is 1.29 bits per heavy atom. The van der Waals surface area contributed by atoms with Crippen molar-refractivity contribution in [3.8, 4) is 5.75 Å². The van der Waals surface area contributed by atoms with Gasteiger partial charge in [0, 0.05) is 0 Å². The molecule has 0 spiro atoms. The van der Waals surface area contributed by atoms with Crippen molar-refractivity contribution in [1.29, 1.82) is 0 Å². The zero-order valence-corrected chi connectivity index (χ0v) is 10.3. The Morgan fingerprint density at radius 2 is 2.00 bits per heavy atom. The average molecular weight is 234 g/mol. The lowest BCUT2D eigenvalue weighted by Crippen LogP contribution is -2.22. The van der Waals surface area contributed by atoms with Gasteiger partial charge in [0.15, 0.2) is 0 Å². The van der Waals surface area contributed by atoms with Crippen LogP contribution in [0.3, 0.4) is 0 Å². The lowest BCUT2D eigenvalue weighted by molar-refractivity contribution is 0.131. The van der Waals surface area contributed by atoms with E-state index in [1.165, 1.54) is 0 Å². The van der Waals surface area contributed by atoms with Gasteiger partial charge in [0.1, 0.15) is 11.4 Å². The molecule has 4 N–H and O–H groups in total. The van der Waals surface area contributed by atoms with Gasteiger partial charge in [0.2, 0.25) is 5.96 Å². The van der Waals surface area contributed by atoms with Crippen LogP contribution in [0.4, 0.5) is 0 Å². The van der Waals surface area contributed by atoms with Crippen LogP contribution >= 0.6 is 0 Å². The molecule has 0 bridgehead atoms. The van der Waals surface area contributed by atoms with Crippen LogP contribution in [0.2, 0.25) is 0 Å². The Hall–Kier alpha value is -2.04. The standard InChI is InChI=1S/C12H18N4O/c1-12(2,3)17-10-6-4-5-9(7-10)8-15-16-11(13)14/h4-8H,1-3H3,(H4,13,14,16). The van der Waals surface area contributed by atoms with Crippen LogP contribution in [-0.2, 0) is 0 Å². The van der Waals surface area contributed by atoms with Gasteiger partial charge in [-0.3, -0.25) is 0 Å². The monoisotopic (exact) mass is 234 g/mol. The molecule has 0 radical (unpaired) electrons. The first kappa shape index (κ1) is 13.0. The van der Waals surface area contributed by atoms with Crippen molar-refractivity contribution < 1.29 is 4.74 Å². The van der Waals surface area contributed by atoms with Crippen molar-refractivity contribution in [3.63, 3.8) is 0 Å². The topological polar surface area (TPSA) is 86.0 Å². The minimum atomic E-state index is -0.227. The Balaban J connectivity index is 2.79. The minimum absolute atomic E-state index is 0.0663. The van der Waals surface area contributed by atoms with Crippen LogP contribution in [0.1, 0.15) is 26.3 Å². The quantitative estimate of drug-likeness (QED) is 0.471. The molecule has 5 nitrogen and oxygen atoms in total. The molecule has 0 fully saturated rings. The predicted octanol–water partition coefficient (Wildman–Crippen LogP) is 1.47. The van der Waals surface area contributed by atoms with Crippen LogP contribution in [-0.4, -0.2) is 17.8 Å². The van der Waals surface area contributed by atoms with E-state index in [0.29, 0.717) is 0 Å². The summed E-state index contributed by atoms with van der Waals surface area (Å²) in [6.07, 6.45) is 1.56. The molecule has 0 aliphatic rings. The summed E-state index contributed by atoms with van der Waals surface area (Å²) in [5.74, 6) is 0.717. The molecular weight excluding hydrogens is 216 g/mol. The second-order valence-corrected chi connectivity index (χ2v) is 4.56. The summed E-state index contributed by atoms with van der Waals surface area (Å²) in [6, 6.07) is 7.54. The fraction of sp³-hybridized carbons (Fsp3) is 0.333. The second-order valence-electron chi connectivity index (χ2n) is 4.56. The predicted molar refractivity (Wildman–Crippen MR) is 70.2 cm³/mol. The van der Waals surface area contributed by atoms with Crippen molar-refractivity contribution in [1.82, 2.24) is 0 Å². The van der Waals surface area contributed by atoms with Gasteiger partial charge in [-0.15, -0.1) is 5.10 Å². The average Bonchev–Trinajstić information content (AvgIpc) is 2.14. The summed E-state index contributed by atoms with van der Waals surface area (Å²) in [4.78, 5) is 0. The SMILES string of the molecule is CC(C)(C)Oc1cccc(C=NN=C(N)N)c1. The third-order valence-electron chi connectivity index (χ3n) is 1.66. The number of rotatable bonds is 3.